The van der Waals surface area contributed by atoms with E-state index in [0.29, 0.717) is 0 Å². The van der Waals surface area contributed by atoms with Crippen molar-refractivity contribution in [1.29, 1.82) is 0 Å². The zero-order valence-electron chi connectivity index (χ0n) is 11.5. The normalized spacial score (nSPS) is 11.6. The number of rotatable bonds is 6. The Balaban J connectivity index is 2.70. The lowest BCUT2D eigenvalue weighted by atomic mass is 10.1. The lowest BCUT2D eigenvalue weighted by molar-refractivity contribution is 0.335. The van der Waals surface area contributed by atoms with E-state index in [1.165, 1.54) is 0 Å². The standard InChI is InChI=1S/C14H22ClNOS/c1-14(2,3)16-10-11-9-12(15)5-6-13(11)17-7-8-18-4/h5-6,9,16H,7-8,10H2,1-4H3. The number of hydrogen-bond donors (Lipinski definition) is 1. The maximum absolute atomic E-state index is 6.04. The fourth-order valence-electron chi connectivity index (χ4n) is 1.42. The molecule has 1 aromatic rings. The molecule has 0 unspecified atom stereocenters. The largest absolute Gasteiger partial charge is 0.492 e. The Kier molecular flexibility index (Phi) is 6.33. The molecule has 2 nitrogen and oxygen atoms in total. The average Bonchev–Trinajstić information content (AvgIpc) is 2.28. The molecule has 0 fully saturated rings. The maximum Gasteiger partial charge on any atom is 0.123 e. The summed E-state index contributed by atoms with van der Waals surface area (Å²) >= 11 is 7.82. The first-order valence-corrected chi connectivity index (χ1v) is 7.85. The topological polar surface area (TPSA) is 21.3 Å². The summed E-state index contributed by atoms with van der Waals surface area (Å²) in [6.07, 6.45) is 2.08. The molecule has 1 aromatic carbocycles. The molecule has 0 bridgehead atoms. The summed E-state index contributed by atoms with van der Waals surface area (Å²) in [7, 11) is 0. The Morgan fingerprint density at radius 2 is 2.06 bits per heavy atom. The highest BCUT2D eigenvalue weighted by Crippen LogP contribution is 2.23. The predicted octanol–water partition coefficient (Wildman–Crippen LogP) is 3.97. The van der Waals surface area contributed by atoms with E-state index in [1.54, 1.807) is 11.8 Å². The molecular formula is C14H22ClNOS. The molecule has 0 radical (unpaired) electrons. The van der Waals surface area contributed by atoms with Crippen molar-refractivity contribution in [1.82, 2.24) is 5.32 Å². The number of hydrogen-bond acceptors (Lipinski definition) is 3. The van der Waals surface area contributed by atoms with Crippen LogP contribution in [0.4, 0.5) is 0 Å². The lowest BCUT2D eigenvalue weighted by Crippen LogP contribution is -2.35. The summed E-state index contributed by atoms with van der Waals surface area (Å²) in [4.78, 5) is 0. The van der Waals surface area contributed by atoms with E-state index >= 15 is 0 Å². The first-order valence-electron chi connectivity index (χ1n) is 6.07. The van der Waals surface area contributed by atoms with Crippen molar-refractivity contribution in [2.45, 2.75) is 32.9 Å². The molecule has 4 heteroatoms. The average molecular weight is 288 g/mol. The molecule has 0 spiro atoms. The SMILES string of the molecule is CSCCOc1ccc(Cl)cc1CNC(C)(C)C. The van der Waals surface area contributed by atoms with E-state index in [2.05, 4.69) is 32.3 Å². The summed E-state index contributed by atoms with van der Waals surface area (Å²) in [5, 5.41) is 4.20. The Labute approximate surface area is 119 Å². The summed E-state index contributed by atoms with van der Waals surface area (Å²) in [5.41, 5.74) is 1.19. The fourth-order valence-corrected chi connectivity index (χ4v) is 1.87. The second kappa shape index (κ2) is 7.27. The van der Waals surface area contributed by atoms with Gasteiger partial charge in [-0.15, -0.1) is 0 Å². The van der Waals surface area contributed by atoms with E-state index in [9.17, 15) is 0 Å². The van der Waals surface area contributed by atoms with E-state index in [0.717, 1.165) is 35.2 Å². The molecule has 18 heavy (non-hydrogen) atoms. The predicted molar refractivity (Wildman–Crippen MR) is 81.9 cm³/mol. The van der Waals surface area contributed by atoms with Crippen LogP contribution in [0.15, 0.2) is 18.2 Å². The van der Waals surface area contributed by atoms with Gasteiger partial charge in [0, 0.05) is 28.4 Å². The van der Waals surface area contributed by atoms with Crippen LogP contribution in [-0.2, 0) is 6.54 Å². The molecule has 0 aliphatic heterocycles. The van der Waals surface area contributed by atoms with E-state index in [-0.39, 0.29) is 5.54 Å². The first-order chi connectivity index (χ1) is 8.42. The summed E-state index contributed by atoms with van der Waals surface area (Å²) < 4.78 is 5.78. The fraction of sp³-hybridized carbons (Fsp3) is 0.571. The molecule has 0 aliphatic carbocycles. The number of benzene rings is 1. The highest BCUT2D eigenvalue weighted by atomic mass is 35.5. The van der Waals surface area contributed by atoms with Crippen molar-refractivity contribution in [2.75, 3.05) is 18.6 Å². The van der Waals surface area contributed by atoms with Gasteiger partial charge in [0.1, 0.15) is 5.75 Å². The number of thioether (sulfide) groups is 1. The number of ether oxygens (including phenoxy) is 1. The first kappa shape index (κ1) is 15.7. The van der Waals surface area contributed by atoms with Gasteiger partial charge in [0.05, 0.1) is 6.61 Å². The van der Waals surface area contributed by atoms with Crippen LogP contribution in [0.1, 0.15) is 26.3 Å². The zero-order chi connectivity index (χ0) is 13.6. The Bertz CT molecular complexity index is 377. The third-order valence-corrected chi connectivity index (χ3v) is 3.19. The van der Waals surface area contributed by atoms with Crippen LogP contribution in [-0.4, -0.2) is 24.2 Å². The van der Waals surface area contributed by atoms with Crippen LogP contribution in [0, 0.1) is 0 Å². The van der Waals surface area contributed by atoms with Gasteiger partial charge in [0.2, 0.25) is 0 Å². The lowest BCUT2D eigenvalue weighted by Gasteiger charge is -2.21. The Morgan fingerprint density at radius 3 is 2.67 bits per heavy atom. The minimum atomic E-state index is 0.0822. The van der Waals surface area contributed by atoms with Crippen molar-refractivity contribution in [3.05, 3.63) is 28.8 Å². The molecule has 0 heterocycles. The van der Waals surface area contributed by atoms with Crippen molar-refractivity contribution >= 4 is 23.4 Å². The van der Waals surface area contributed by atoms with Crippen LogP contribution in [0.2, 0.25) is 5.02 Å². The molecule has 0 saturated heterocycles. The molecule has 1 rings (SSSR count). The van der Waals surface area contributed by atoms with Gasteiger partial charge in [-0.05, 0) is 45.2 Å². The van der Waals surface area contributed by atoms with E-state index < -0.39 is 0 Å². The van der Waals surface area contributed by atoms with Crippen molar-refractivity contribution in [3.63, 3.8) is 0 Å². The zero-order valence-corrected chi connectivity index (χ0v) is 13.1. The van der Waals surface area contributed by atoms with Gasteiger partial charge < -0.3 is 10.1 Å². The Hall–Kier alpha value is -0.380. The third-order valence-electron chi connectivity index (χ3n) is 2.38. The van der Waals surface area contributed by atoms with Crippen LogP contribution in [0.5, 0.6) is 5.75 Å². The highest BCUT2D eigenvalue weighted by Gasteiger charge is 2.11. The quantitative estimate of drug-likeness (QED) is 0.800. The summed E-state index contributed by atoms with van der Waals surface area (Å²) in [6.45, 7) is 7.92. The second-order valence-corrected chi connectivity index (χ2v) is 6.62. The maximum atomic E-state index is 6.04. The minimum Gasteiger partial charge on any atom is -0.492 e. The van der Waals surface area contributed by atoms with E-state index in [1.807, 2.05) is 18.2 Å². The van der Waals surface area contributed by atoms with Crippen LogP contribution < -0.4 is 10.1 Å². The highest BCUT2D eigenvalue weighted by molar-refractivity contribution is 7.98. The Morgan fingerprint density at radius 1 is 1.33 bits per heavy atom. The van der Waals surface area contributed by atoms with Crippen molar-refractivity contribution in [3.8, 4) is 5.75 Å². The van der Waals surface area contributed by atoms with Crippen molar-refractivity contribution in [2.24, 2.45) is 0 Å². The van der Waals surface area contributed by atoms with Crippen LogP contribution >= 0.6 is 23.4 Å². The van der Waals surface area contributed by atoms with Gasteiger partial charge in [-0.1, -0.05) is 11.6 Å². The van der Waals surface area contributed by atoms with Gasteiger partial charge in [0.15, 0.2) is 0 Å². The molecule has 0 amide bonds. The minimum absolute atomic E-state index is 0.0822. The van der Waals surface area contributed by atoms with Gasteiger partial charge in [-0.25, -0.2) is 0 Å². The molecular weight excluding hydrogens is 266 g/mol. The smallest absolute Gasteiger partial charge is 0.123 e. The number of nitrogens with one attached hydrogen (secondary N) is 1. The van der Waals surface area contributed by atoms with E-state index in [4.69, 9.17) is 16.3 Å². The van der Waals surface area contributed by atoms with Gasteiger partial charge >= 0.3 is 0 Å². The summed E-state index contributed by atoms with van der Waals surface area (Å²) in [5.74, 6) is 1.92. The monoisotopic (exact) mass is 287 g/mol. The van der Waals surface area contributed by atoms with Crippen molar-refractivity contribution < 1.29 is 4.74 Å². The molecule has 0 aliphatic rings. The van der Waals surface area contributed by atoms with Gasteiger partial charge in [0.25, 0.3) is 0 Å². The summed E-state index contributed by atoms with van der Waals surface area (Å²) in [6, 6.07) is 5.79. The molecule has 0 saturated carbocycles. The van der Waals surface area contributed by atoms with Gasteiger partial charge in [-0.2, -0.15) is 11.8 Å². The second-order valence-electron chi connectivity index (χ2n) is 5.20. The molecule has 1 N–H and O–H groups in total. The van der Waals surface area contributed by atoms with Crippen LogP contribution in [0.25, 0.3) is 0 Å². The molecule has 0 aromatic heterocycles. The van der Waals surface area contributed by atoms with Gasteiger partial charge in [-0.3, -0.25) is 0 Å². The molecule has 0 atom stereocenters. The number of halogens is 1. The molecule has 102 valence electrons. The van der Waals surface area contributed by atoms with Crippen LogP contribution in [0.3, 0.4) is 0 Å². The third kappa shape index (κ3) is 5.98.